The largest absolute Gasteiger partial charge is 0.338 e. The van der Waals surface area contributed by atoms with Crippen molar-refractivity contribution >= 4 is 34.1 Å². The highest BCUT2D eigenvalue weighted by molar-refractivity contribution is 6.33. The number of aromatic nitrogens is 3. The van der Waals surface area contributed by atoms with E-state index in [-0.39, 0.29) is 0 Å². The molecule has 0 fully saturated rings. The third-order valence-electron chi connectivity index (χ3n) is 3.57. The number of benzene rings is 2. The van der Waals surface area contributed by atoms with Crippen molar-refractivity contribution in [2.45, 2.75) is 0 Å². The normalized spacial score (nSPS) is 10.8. The summed E-state index contributed by atoms with van der Waals surface area (Å²) in [5, 5.41) is 3.96. The van der Waals surface area contributed by atoms with Gasteiger partial charge < -0.3 is 10.3 Å². The number of nitrogens with zero attached hydrogens (tertiary/aromatic N) is 2. The molecule has 0 bridgehead atoms. The van der Waals surface area contributed by atoms with Crippen molar-refractivity contribution in [3.63, 3.8) is 0 Å². The fourth-order valence-electron chi connectivity index (χ4n) is 2.47. The Balaban J connectivity index is 1.80. The molecule has 0 aliphatic heterocycles. The Kier molecular flexibility index (Phi) is 3.44. The van der Waals surface area contributed by atoms with E-state index in [4.69, 9.17) is 11.6 Å². The first-order valence-corrected chi connectivity index (χ1v) is 7.61. The summed E-state index contributed by atoms with van der Waals surface area (Å²) in [7, 11) is 0. The van der Waals surface area contributed by atoms with Crippen LogP contribution >= 0.6 is 11.6 Å². The number of rotatable bonds is 3. The van der Waals surface area contributed by atoms with Gasteiger partial charge in [-0.3, -0.25) is 0 Å². The van der Waals surface area contributed by atoms with Gasteiger partial charge >= 0.3 is 0 Å². The monoisotopic (exact) mass is 320 g/mol. The smallest absolute Gasteiger partial charge is 0.158 e. The number of hydrogen-bond donors (Lipinski definition) is 2. The predicted octanol–water partition coefficient (Wildman–Crippen LogP) is 5.02. The second-order valence-corrected chi connectivity index (χ2v) is 5.52. The van der Waals surface area contributed by atoms with Crippen molar-refractivity contribution in [2.24, 2.45) is 0 Å². The molecule has 0 atom stereocenters. The van der Waals surface area contributed by atoms with E-state index in [0.29, 0.717) is 10.8 Å². The number of anilines is 2. The van der Waals surface area contributed by atoms with Crippen LogP contribution in [-0.4, -0.2) is 15.0 Å². The fourth-order valence-corrected chi connectivity index (χ4v) is 2.69. The number of nitrogens with one attached hydrogen (secondary N) is 2. The van der Waals surface area contributed by atoms with Gasteiger partial charge in [-0.15, -0.1) is 0 Å². The standard InChI is InChI=1S/C18H13ClN4/c19-14-9-5-4-8-13(14)17-22-15-10-11-20-18(16(15)23-17)21-12-6-2-1-3-7-12/h1-11H,(H,20,21)(H,22,23). The average Bonchev–Trinajstić information content (AvgIpc) is 3.01. The van der Waals surface area contributed by atoms with Crippen LogP contribution in [0.1, 0.15) is 0 Å². The lowest BCUT2D eigenvalue weighted by molar-refractivity contribution is 1.31. The summed E-state index contributed by atoms with van der Waals surface area (Å²) in [6.07, 6.45) is 1.75. The number of fused-ring (bicyclic) bond motifs is 1. The number of aromatic amines is 1. The van der Waals surface area contributed by atoms with Crippen molar-refractivity contribution < 1.29 is 0 Å². The zero-order chi connectivity index (χ0) is 15.6. The van der Waals surface area contributed by atoms with Crippen LogP contribution in [0.15, 0.2) is 66.9 Å². The summed E-state index contributed by atoms with van der Waals surface area (Å²) in [5.41, 5.74) is 3.53. The molecule has 0 radical (unpaired) electrons. The minimum atomic E-state index is 0.664. The maximum Gasteiger partial charge on any atom is 0.158 e. The van der Waals surface area contributed by atoms with Gasteiger partial charge in [0, 0.05) is 17.4 Å². The summed E-state index contributed by atoms with van der Waals surface area (Å²) < 4.78 is 0. The Morgan fingerprint density at radius 2 is 1.70 bits per heavy atom. The van der Waals surface area contributed by atoms with Gasteiger partial charge in [0.05, 0.1) is 10.5 Å². The molecule has 0 aliphatic rings. The van der Waals surface area contributed by atoms with Gasteiger partial charge in [-0.1, -0.05) is 41.9 Å². The SMILES string of the molecule is Clc1ccccc1-c1nc2c(Nc3ccccc3)nccc2[nH]1. The Hall–Kier alpha value is -2.85. The third-order valence-corrected chi connectivity index (χ3v) is 3.90. The molecule has 2 N–H and O–H groups in total. The molecule has 2 heterocycles. The fraction of sp³-hybridized carbons (Fsp3) is 0. The molecular weight excluding hydrogens is 308 g/mol. The molecule has 2 aromatic carbocycles. The first-order chi connectivity index (χ1) is 11.3. The molecule has 4 rings (SSSR count). The Bertz CT molecular complexity index is 963. The van der Waals surface area contributed by atoms with Gasteiger partial charge in [0.1, 0.15) is 11.3 Å². The first kappa shape index (κ1) is 13.8. The maximum atomic E-state index is 6.26. The summed E-state index contributed by atoms with van der Waals surface area (Å²) >= 11 is 6.26. The Morgan fingerprint density at radius 1 is 0.913 bits per heavy atom. The van der Waals surface area contributed by atoms with Gasteiger partial charge in [-0.05, 0) is 30.3 Å². The molecule has 0 saturated carbocycles. The zero-order valence-electron chi connectivity index (χ0n) is 12.1. The summed E-state index contributed by atoms with van der Waals surface area (Å²) in [5.74, 6) is 1.44. The molecule has 0 unspecified atom stereocenters. The summed E-state index contributed by atoms with van der Waals surface area (Å²) in [6, 6.07) is 19.4. The van der Waals surface area contributed by atoms with Gasteiger partial charge in [-0.25, -0.2) is 9.97 Å². The van der Waals surface area contributed by atoms with Crippen LogP contribution in [-0.2, 0) is 0 Å². The third kappa shape index (κ3) is 2.64. The minimum Gasteiger partial charge on any atom is -0.338 e. The van der Waals surface area contributed by atoms with Crippen LogP contribution in [0.3, 0.4) is 0 Å². The number of halogens is 1. The van der Waals surface area contributed by atoms with Gasteiger partial charge in [0.15, 0.2) is 5.82 Å². The highest BCUT2D eigenvalue weighted by Crippen LogP contribution is 2.29. The van der Waals surface area contributed by atoms with Crippen molar-refractivity contribution in [3.05, 3.63) is 71.9 Å². The second kappa shape index (κ2) is 5.74. The molecule has 23 heavy (non-hydrogen) atoms. The van der Waals surface area contributed by atoms with Gasteiger partial charge in [0.25, 0.3) is 0 Å². The number of para-hydroxylation sites is 1. The molecule has 0 aliphatic carbocycles. The van der Waals surface area contributed by atoms with E-state index in [1.165, 1.54) is 0 Å². The van der Waals surface area contributed by atoms with Crippen LogP contribution in [0.25, 0.3) is 22.4 Å². The lowest BCUT2D eigenvalue weighted by atomic mass is 10.2. The molecule has 0 amide bonds. The summed E-state index contributed by atoms with van der Waals surface area (Å²) in [6.45, 7) is 0. The summed E-state index contributed by atoms with van der Waals surface area (Å²) in [4.78, 5) is 12.4. The maximum absolute atomic E-state index is 6.26. The number of imidazole rings is 1. The molecule has 4 aromatic rings. The van der Waals surface area contributed by atoms with E-state index in [0.717, 1.165) is 28.1 Å². The molecule has 112 valence electrons. The van der Waals surface area contributed by atoms with Crippen molar-refractivity contribution in [3.8, 4) is 11.4 Å². The van der Waals surface area contributed by atoms with E-state index in [9.17, 15) is 0 Å². The molecule has 5 heteroatoms. The van der Waals surface area contributed by atoms with Gasteiger partial charge in [0.2, 0.25) is 0 Å². The van der Waals surface area contributed by atoms with E-state index in [1.807, 2.05) is 60.7 Å². The average molecular weight is 321 g/mol. The lowest BCUT2D eigenvalue weighted by Crippen LogP contribution is -1.93. The van der Waals surface area contributed by atoms with Crippen molar-refractivity contribution in [1.29, 1.82) is 0 Å². The van der Waals surface area contributed by atoms with Crippen LogP contribution in [0.2, 0.25) is 5.02 Å². The van der Waals surface area contributed by atoms with Gasteiger partial charge in [-0.2, -0.15) is 0 Å². The van der Waals surface area contributed by atoms with Crippen molar-refractivity contribution in [2.75, 3.05) is 5.32 Å². The molecular formula is C18H13ClN4. The Labute approximate surface area is 138 Å². The van der Waals surface area contributed by atoms with Crippen molar-refractivity contribution in [1.82, 2.24) is 15.0 Å². The van der Waals surface area contributed by atoms with Crippen LogP contribution in [0, 0.1) is 0 Å². The quantitative estimate of drug-likeness (QED) is 0.557. The Morgan fingerprint density at radius 3 is 2.52 bits per heavy atom. The number of hydrogen-bond acceptors (Lipinski definition) is 3. The van der Waals surface area contributed by atoms with Crippen LogP contribution in [0.4, 0.5) is 11.5 Å². The van der Waals surface area contributed by atoms with E-state index < -0.39 is 0 Å². The topological polar surface area (TPSA) is 53.6 Å². The second-order valence-electron chi connectivity index (χ2n) is 5.11. The number of pyridine rings is 1. The molecule has 0 spiro atoms. The van der Waals surface area contributed by atoms with E-state index in [1.54, 1.807) is 6.20 Å². The molecule has 2 aromatic heterocycles. The van der Waals surface area contributed by atoms with Crippen LogP contribution in [0.5, 0.6) is 0 Å². The van der Waals surface area contributed by atoms with Crippen LogP contribution < -0.4 is 5.32 Å². The minimum absolute atomic E-state index is 0.664. The highest BCUT2D eigenvalue weighted by Gasteiger charge is 2.12. The predicted molar refractivity (Wildman–Crippen MR) is 94.1 cm³/mol. The highest BCUT2D eigenvalue weighted by atomic mass is 35.5. The lowest BCUT2D eigenvalue weighted by Gasteiger charge is -2.05. The number of H-pyrrole nitrogens is 1. The zero-order valence-corrected chi connectivity index (χ0v) is 12.9. The van der Waals surface area contributed by atoms with E-state index in [2.05, 4.69) is 20.3 Å². The first-order valence-electron chi connectivity index (χ1n) is 7.23. The van der Waals surface area contributed by atoms with E-state index >= 15 is 0 Å². The molecule has 0 saturated heterocycles. The molecule has 4 nitrogen and oxygen atoms in total.